The molecular formula is C12H15N5O. The lowest BCUT2D eigenvalue weighted by molar-refractivity contribution is -0.109. The van der Waals surface area contributed by atoms with Crippen LogP contribution in [0, 0.1) is 6.92 Å². The monoisotopic (exact) mass is 245 g/mol. The van der Waals surface area contributed by atoms with Crippen LogP contribution in [0.25, 0.3) is 11.0 Å². The van der Waals surface area contributed by atoms with Crippen LogP contribution in [-0.2, 0) is 11.8 Å². The Balaban J connectivity index is 2.17. The standard InChI is InChI=1S/C12H15N5O/c1-7-11-9(8-3-4-8)5-10(15-13-6-18)14-12(11)17(2)16-7/h5-6,8H,3-4H2,1-2H3,(H,13,18)(H,14,15). The number of hydrogen-bond acceptors (Lipinski definition) is 4. The van der Waals surface area contributed by atoms with E-state index in [0.717, 1.165) is 16.7 Å². The van der Waals surface area contributed by atoms with E-state index in [4.69, 9.17) is 0 Å². The van der Waals surface area contributed by atoms with Crippen molar-refractivity contribution in [1.29, 1.82) is 0 Å². The molecule has 0 spiro atoms. The van der Waals surface area contributed by atoms with E-state index in [0.29, 0.717) is 18.1 Å². The van der Waals surface area contributed by atoms with Crippen LogP contribution in [0.5, 0.6) is 0 Å². The van der Waals surface area contributed by atoms with Crippen LogP contribution < -0.4 is 10.9 Å². The number of pyridine rings is 1. The Morgan fingerprint density at radius 1 is 1.50 bits per heavy atom. The van der Waals surface area contributed by atoms with Gasteiger partial charge >= 0.3 is 0 Å². The normalized spacial score (nSPS) is 14.8. The van der Waals surface area contributed by atoms with Crippen molar-refractivity contribution in [3.05, 3.63) is 17.3 Å². The van der Waals surface area contributed by atoms with Crippen LogP contribution in [-0.4, -0.2) is 21.2 Å². The summed E-state index contributed by atoms with van der Waals surface area (Å²) in [5.74, 6) is 1.26. The van der Waals surface area contributed by atoms with Crippen molar-refractivity contribution < 1.29 is 4.79 Å². The van der Waals surface area contributed by atoms with Crippen LogP contribution in [0.15, 0.2) is 6.07 Å². The molecule has 3 rings (SSSR count). The highest BCUT2D eigenvalue weighted by Crippen LogP contribution is 2.44. The van der Waals surface area contributed by atoms with E-state index in [1.165, 1.54) is 18.4 Å². The quantitative estimate of drug-likeness (QED) is 0.627. The van der Waals surface area contributed by atoms with Crippen molar-refractivity contribution in [2.24, 2.45) is 7.05 Å². The molecule has 1 aliphatic carbocycles. The predicted molar refractivity (Wildman–Crippen MR) is 68.0 cm³/mol. The average molecular weight is 245 g/mol. The van der Waals surface area contributed by atoms with E-state index in [-0.39, 0.29) is 0 Å². The second-order valence-corrected chi connectivity index (χ2v) is 4.67. The van der Waals surface area contributed by atoms with Crippen LogP contribution in [0.4, 0.5) is 5.82 Å². The molecular weight excluding hydrogens is 230 g/mol. The number of aromatic nitrogens is 3. The minimum atomic E-state index is 0.594. The molecule has 1 amide bonds. The van der Waals surface area contributed by atoms with Gasteiger partial charge < -0.3 is 0 Å². The van der Waals surface area contributed by atoms with E-state index in [2.05, 4.69) is 20.9 Å². The van der Waals surface area contributed by atoms with Gasteiger partial charge in [-0.15, -0.1) is 0 Å². The summed E-state index contributed by atoms with van der Waals surface area (Å²) in [6.07, 6.45) is 3.03. The molecule has 2 aromatic heterocycles. The molecule has 2 heterocycles. The molecule has 0 unspecified atom stereocenters. The molecule has 0 aromatic carbocycles. The summed E-state index contributed by atoms with van der Waals surface area (Å²) >= 11 is 0. The topological polar surface area (TPSA) is 71.8 Å². The van der Waals surface area contributed by atoms with Crippen molar-refractivity contribution >= 4 is 23.3 Å². The molecule has 18 heavy (non-hydrogen) atoms. The molecule has 1 fully saturated rings. The molecule has 2 aromatic rings. The molecule has 0 saturated heterocycles. The highest BCUT2D eigenvalue weighted by atomic mass is 16.1. The van der Waals surface area contributed by atoms with Crippen molar-refractivity contribution in [3.63, 3.8) is 0 Å². The molecule has 0 radical (unpaired) electrons. The summed E-state index contributed by atoms with van der Waals surface area (Å²) in [5, 5.41) is 5.57. The lowest BCUT2D eigenvalue weighted by Gasteiger charge is -2.08. The molecule has 2 N–H and O–H groups in total. The van der Waals surface area contributed by atoms with Crippen LogP contribution in [0.1, 0.15) is 30.0 Å². The maximum absolute atomic E-state index is 10.3. The predicted octanol–water partition coefficient (Wildman–Crippen LogP) is 1.23. The van der Waals surface area contributed by atoms with E-state index >= 15 is 0 Å². The van der Waals surface area contributed by atoms with Gasteiger partial charge in [0.1, 0.15) is 5.82 Å². The third-order valence-electron chi connectivity index (χ3n) is 3.28. The van der Waals surface area contributed by atoms with Gasteiger partial charge in [0.25, 0.3) is 0 Å². The number of carbonyl (C=O) groups is 1. The minimum Gasteiger partial charge on any atom is -0.282 e. The Hall–Kier alpha value is -2.11. The molecule has 0 bridgehead atoms. The Labute approximate surface area is 104 Å². The van der Waals surface area contributed by atoms with Gasteiger partial charge in [-0.25, -0.2) is 4.98 Å². The van der Waals surface area contributed by atoms with Gasteiger partial charge in [-0.3, -0.25) is 20.3 Å². The summed E-state index contributed by atoms with van der Waals surface area (Å²) in [6, 6.07) is 2.01. The number of hydrazine groups is 1. The number of amides is 1. The number of aryl methyl sites for hydroxylation is 2. The number of nitrogens with zero attached hydrogens (tertiary/aromatic N) is 3. The summed E-state index contributed by atoms with van der Waals surface area (Å²) in [6.45, 7) is 2.01. The first kappa shape index (κ1) is 11.0. The zero-order valence-electron chi connectivity index (χ0n) is 10.4. The van der Waals surface area contributed by atoms with E-state index < -0.39 is 0 Å². The Kier molecular flexibility index (Phi) is 2.43. The Morgan fingerprint density at radius 2 is 2.28 bits per heavy atom. The highest BCUT2D eigenvalue weighted by molar-refractivity contribution is 5.85. The first-order valence-electron chi connectivity index (χ1n) is 6.00. The third-order valence-corrected chi connectivity index (χ3v) is 3.28. The average Bonchev–Trinajstić information content (AvgIpc) is 3.15. The number of nitrogens with one attached hydrogen (secondary N) is 2. The zero-order valence-corrected chi connectivity index (χ0v) is 10.4. The molecule has 6 nitrogen and oxygen atoms in total. The van der Waals surface area contributed by atoms with E-state index in [1.807, 2.05) is 20.0 Å². The Bertz CT molecular complexity index is 614. The zero-order chi connectivity index (χ0) is 12.7. The van der Waals surface area contributed by atoms with Gasteiger partial charge in [-0.2, -0.15) is 5.10 Å². The second-order valence-electron chi connectivity index (χ2n) is 4.67. The fourth-order valence-electron chi connectivity index (χ4n) is 2.36. The lowest BCUT2D eigenvalue weighted by Crippen LogP contribution is -2.20. The van der Waals surface area contributed by atoms with Gasteiger partial charge in [-0.05, 0) is 37.3 Å². The molecule has 1 saturated carbocycles. The van der Waals surface area contributed by atoms with Gasteiger partial charge in [0.2, 0.25) is 6.41 Å². The van der Waals surface area contributed by atoms with Crippen molar-refractivity contribution in [3.8, 4) is 0 Å². The lowest BCUT2D eigenvalue weighted by atomic mass is 10.1. The van der Waals surface area contributed by atoms with E-state index in [9.17, 15) is 4.79 Å². The van der Waals surface area contributed by atoms with Gasteiger partial charge in [0.15, 0.2) is 5.65 Å². The number of fused-ring (bicyclic) bond motifs is 1. The van der Waals surface area contributed by atoms with Crippen LogP contribution >= 0.6 is 0 Å². The first-order chi connectivity index (χ1) is 8.70. The number of hydrogen-bond donors (Lipinski definition) is 2. The van der Waals surface area contributed by atoms with Gasteiger partial charge in [0, 0.05) is 12.4 Å². The summed E-state index contributed by atoms with van der Waals surface area (Å²) in [4.78, 5) is 14.8. The smallest absolute Gasteiger partial charge is 0.225 e. The van der Waals surface area contributed by atoms with Crippen LogP contribution in [0.3, 0.4) is 0 Å². The van der Waals surface area contributed by atoms with E-state index in [1.54, 1.807) is 4.68 Å². The second kappa shape index (κ2) is 3.97. The van der Waals surface area contributed by atoms with Crippen molar-refractivity contribution in [2.75, 3.05) is 5.43 Å². The summed E-state index contributed by atoms with van der Waals surface area (Å²) < 4.78 is 1.78. The molecule has 0 aliphatic heterocycles. The summed E-state index contributed by atoms with van der Waals surface area (Å²) in [7, 11) is 1.88. The van der Waals surface area contributed by atoms with Crippen molar-refractivity contribution in [1.82, 2.24) is 20.2 Å². The molecule has 94 valence electrons. The summed E-state index contributed by atoms with van der Waals surface area (Å²) in [5.41, 5.74) is 8.34. The third kappa shape index (κ3) is 1.70. The first-order valence-corrected chi connectivity index (χ1v) is 6.00. The van der Waals surface area contributed by atoms with Gasteiger partial charge in [0.05, 0.1) is 5.69 Å². The number of rotatable bonds is 4. The maximum atomic E-state index is 10.3. The largest absolute Gasteiger partial charge is 0.282 e. The molecule has 6 heteroatoms. The van der Waals surface area contributed by atoms with Crippen molar-refractivity contribution in [2.45, 2.75) is 25.7 Å². The Morgan fingerprint density at radius 3 is 2.94 bits per heavy atom. The maximum Gasteiger partial charge on any atom is 0.225 e. The molecule has 1 aliphatic rings. The van der Waals surface area contributed by atoms with Gasteiger partial charge in [-0.1, -0.05) is 0 Å². The fourth-order valence-corrected chi connectivity index (χ4v) is 2.36. The fraction of sp³-hybridized carbons (Fsp3) is 0.417. The number of anilines is 1. The number of carbonyl (C=O) groups excluding carboxylic acids is 1. The van der Waals surface area contributed by atoms with Crippen LogP contribution in [0.2, 0.25) is 0 Å². The SMILES string of the molecule is Cc1nn(C)c2nc(NNC=O)cc(C3CC3)c12. The molecule has 0 atom stereocenters. The highest BCUT2D eigenvalue weighted by Gasteiger charge is 2.28. The minimum absolute atomic E-state index is 0.594.